The Morgan fingerprint density at radius 3 is 2.37 bits per heavy atom. The van der Waals surface area contributed by atoms with E-state index in [0.29, 0.717) is 55.3 Å². The maximum Gasteiger partial charge on any atom is 0.326 e. The summed E-state index contributed by atoms with van der Waals surface area (Å²) in [5.74, 6) is -0.672. The Balaban J connectivity index is 1.21. The van der Waals surface area contributed by atoms with Crippen LogP contribution in [0.5, 0.6) is 11.8 Å². The second-order valence-corrected chi connectivity index (χ2v) is 12.6. The first kappa shape index (κ1) is 32.2. The topological polar surface area (TPSA) is 173 Å². The third-order valence-corrected chi connectivity index (χ3v) is 7.92. The Morgan fingerprint density at radius 2 is 1.76 bits per heavy atom. The first-order valence-corrected chi connectivity index (χ1v) is 16.2. The van der Waals surface area contributed by atoms with E-state index in [4.69, 9.17) is 10.5 Å². The molecular formula is C31H33FN8O5S. The zero-order valence-corrected chi connectivity index (χ0v) is 26.0. The van der Waals surface area contributed by atoms with Gasteiger partial charge in [0.25, 0.3) is 5.91 Å². The van der Waals surface area contributed by atoms with Gasteiger partial charge in [-0.25, -0.2) is 27.6 Å². The van der Waals surface area contributed by atoms with E-state index in [1.165, 1.54) is 30.5 Å². The Kier molecular flexibility index (Phi) is 9.72. The summed E-state index contributed by atoms with van der Waals surface area (Å²) in [4.78, 5) is 41.5. The molecule has 15 heteroatoms. The molecule has 0 atom stereocenters. The summed E-state index contributed by atoms with van der Waals surface area (Å²) in [6, 6.07) is 14.8. The second-order valence-electron chi connectivity index (χ2n) is 10.8. The van der Waals surface area contributed by atoms with Gasteiger partial charge in [-0.15, -0.1) is 0 Å². The molecule has 0 aliphatic carbocycles. The lowest BCUT2D eigenvalue weighted by Gasteiger charge is -2.38. The van der Waals surface area contributed by atoms with Gasteiger partial charge >= 0.3 is 12.0 Å². The quantitative estimate of drug-likeness (QED) is 0.227. The number of rotatable bonds is 10. The summed E-state index contributed by atoms with van der Waals surface area (Å²) in [7, 11) is -3.38. The number of primary amides is 1. The van der Waals surface area contributed by atoms with Crippen molar-refractivity contribution < 1.29 is 27.1 Å². The number of hydrogen-bond acceptors (Lipinski definition) is 9. The summed E-state index contributed by atoms with van der Waals surface area (Å²) in [6.45, 7) is 3.81. The second kappa shape index (κ2) is 13.9. The number of amides is 3. The molecule has 4 N–H and O–H groups in total. The maximum absolute atomic E-state index is 14.2. The van der Waals surface area contributed by atoms with Crippen molar-refractivity contribution in [2.24, 2.45) is 5.73 Å². The highest BCUT2D eigenvalue weighted by Gasteiger charge is 2.30. The van der Waals surface area contributed by atoms with Crippen molar-refractivity contribution >= 4 is 39.0 Å². The zero-order valence-electron chi connectivity index (χ0n) is 25.2. The standard InChI is InChI=1S/C31H33FN8O5S/c1-20-21(17-35-30(36-20)45-27-9-6-23(7-10-27)38-46(2,43)44)19-39-14-12-25(13-15-39)40(26-5-3-4-22(32)16-26)31(42)37-24-8-11-28(29(33)41)34-18-24/h3-11,16-18,25,38H,12-15,19H2,1-2H3,(H2,33,41)(H,37,42). The van der Waals surface area contributed by atoms with Gasteiger partial charge in [0.15, 0.2) is 0 Å². The molecule has 4 aromatic rings. The van der Waals surface area contributed by atoms with E-state index in [9.17, 15) is 22.4 Å². The highest BCUT2D eigenvalue weighted by molar-refractivity contribution is 7.92. The number of nitrogens with two attached hydrogens (primary N) is 1. The third kappa shape index (κ3) is 8.51. The van der Waals surface area contributed by atoms with Gasteiger partial charge in [-0.3, -0.25) is 19.3 Å². The lowest BCUT2D eigenvalue weighted by atomic mass is 10.0. The number of nitrogens with one attached hydrogen (secondary N) is 2. The number of likely N-dealkylation sites (tertiary alicyclic amines) is 1. The van der Waals surface area contributed by atoms with Crippen LogP contribution in [0.3, 0.4) is 0 Å². The van der Waals surface area contributed by atoms with Crippen molar-refractivity contribution in [1.82, 2.24) is 19.9 Å². The van der Waals surface area contributed by atoms with E-state index in [1.54, 1.807) is 47.5 Å². The van der Waals surface area contributed by atoms with Crippen LogP contribution in [0.4, 0.5) is 26.2 Å². The molecule has 3 amide bonds. The summed E-state index contributed by atoms with van der Waals surface area (Å²) in [5, 5.41) is 2.80. The third-order valence-electron chi connectivity index (χ3n) is 7.31. The van der Waals surface area contributed by atoms with E-state index in [2.05, 4.69) is 29.9 Å². The Morgan fingerprint density at radius 1 is 1.04 bits per heavy atom. The number of halogens is 1. The lowest BCUT2D eigenvalue weighted by Crippen LogP contribution is -2.49. The fraction of sp³-hybridized carbons (Fsp3) is 0.258. The molecule has 240 valence electrons. The largest absolute Gasteiger partial charge is 0.424 e. The molecule has 0 radical (unpaired) electrons. The summed E-state index contributed by atoms with van der Waals surface area (Å²) in [5.41, 5.74) is 8.22. The molecule has 1 aliphatic rings. The number of urea groups is 1. The number of pyridine rings is 1. The molecule has 0 saturated carbocycles. The molecule has 13 nitrogen and oxygen atoms in total. The number of nitrogens with zero attached hydrogens (tertiary/aromatic N) is 5. The number of ether oxygens (including phenoxy) is 1. The smallest absolute Gasteiger partial charge is 0.326 e. The first-order chi connectivity index (χ1) is 21.9. The molecule has 1 saturated heterocycles. The average Bonchev–Trinajstić information content (AvgIpc) is 3.00. The van der Waals surface area contributed by atoms with Crippen molar-refractivity contribution in [3.8, 4) is 11.8 Å². The molecule has 0 bridgehead atoms. The van der Waals surface area contributed by atoms with Gasteiger partial charge in [0.2, 0.25) is 10.0 Å². The molecule has 2 aromatic heterocycles. The molecular weight excluding hydrogens is 615 g/mol. The van der Waals surface area contributed by atoms with Gasteiger partial charge in [0.1, 0.15) is 17.3 Å². The number of carbonyl (C=O) groups excluding carboxylic acids is 2. The normalized spacial score (nSPS) is 14.0. The van der Waals surface area contributed by atoms with E-state index < -0.39 is 27.8 Å². The fourth-order valence-electron chi connectivity index (χ4n) is 5.08. The van der Waals surface area contributed by atoms with Gasteiger partial charge in [0.05, 0.1) is 18.1 Å². The van der Waals surface area contributed by atoms with Gasteiger partial charge < -0.3 is 15.8 Å². The van der Waals surface area contributed by atoms with Crippen molar-refractivity contribution in [2.75, 3.05) is 34.3 Å². The minimum absolute atomic E-state index is 0.0752. The molecule has 2 aromatic carbocycles. The number of aromatic nitrogens is 3. The molecule has 1 fully saturated rings. The number of carbonyl (C=O) groups is 2. The number of piperidine rings is 1. The van der Waals surface area contributed by atoms with Gasteiger partial charge in [-0.05, 0) is 74.4 Å². The Bertz CT molecular complexity index is 1820. The van der Waals surface area contributed by atoms with Crippen molar-refractivity contribution in [3.05, 3.63) is 95.8 Å². The maximum atomic E-state index is 14.2. The van der Waals surface area contributed by atoms with Crippen molar-refractivity contribution in [3.63, 3.8) is 0 Å². The van der Waals surface area contributed by atoms with Crippen LogP contribution in [-0.4, -0.2) is 65.6 Å². The molecule has 3 heterocycles. The van der Waals surface area contributed by atoms with Crippen LogP contribution in [0.1, 0.15) is 34.6 Å². The predicted molar refractivity (Wildman–Crippen MR) is 171 cm³/mol. The SMILES string of the molecule is Cc1nc(Oc2ccc(NS(C)(=O)=O)cc2)ncc1CN1CCC(N(C(=O)Nc2ccc(C(N)=O)nc2)c2cccc(F)c2)CC1. The molecule has 0 spiro atoms. The number of hydrogen-bond donors (Lipinski definition) is 3. The van der Waals surface area contributed by atoms with Crippen LogP contribution < -0.4 is 25.4 Å². The number of benzene rings is 2. The van der Waals surface area contributed by atoms with E-state index in [-0.39, 0.29) is 17.7 Å². The first-order valence-electron chi connectivity index (χ1n) is 14.4. The number of aryl methyl sites for hydroxylation is 1. The minimum atomic E-state index is -3.38. The van der Waals surface area contributed by atoms with Crippen LogP contribution in [0.15, 0.2) is 73.1 Å². The highest BCUT2D eigenvalue weighted by atomic mass is 32.2. The van der Waals surface area contributed by atoms with E-state index in [0.717, 1.165) is 17.5 Å². The summed E-state index contributed by atoms with van der Waals surface area (Å²) >= 11 is 0. The van der Waals surface area contributed by atoms with Crippen LogP contribution in [0.25, 0.3) is 0 Å². The molecule has 1 aliphatic heterocycles. The molecule has 46 heavy (non-hydrogen) atoms. The van der Waals surface area contributed by atoms with Gasteiger partial charge in [0, 0.05) is 54.5 Å². The number of anilines is 3. The van der Waals surface area contributed by atoms with Gasteiger partial charge in [-0.1, -0.05) is 6.07 Å². The van der Waals surface area contributed by atoms with Crippen LogP contribution in [-0.2, 0) is 16.6 Å². The van der Waals surface area contributed by atoms with E-state index >= 15 is 0 Å². The zero-order chi connectivity index (χ0) is 32.8. The highest BCUT2D eigenvalue weighted by Crippen LogP contribution is 2.27. The van der Waals surface area contributed by atoms with Crippen molar-refractivity contribution in [2.45, 2.75) is 32.4 Å². The Hall–Kier alpha value is -5.15. The predicted octanol–water partition coefficient (Wildman–Crippen LogP) is 4.28. The summed E-state index contributed by atoms with van der Waals surface area (Å²) < 4.78 is 45.2. The minimum Gasteiger partial charge on any atom is -0.424 e. The van der Waals surface area contributed by atoms with Crippen LogP contribution >= 0.6 is 0 Å². The molecule has 0 unspecified atom stereocenters. The lowest BCUT2D eigenvalue weighted by molar-refractivity contribution is 0.0995. The summed E-state index contributed by atoms with van der Waals surface area (Å²) in [6.07, 6.45) is 5.41. The number of sulfonamides is 1. The van der Waals surface area contributed by atoms with Crippen LogP contribution in [0, 0.1) is 12.7 Å². The van der Waals surface area contributed by atoms with Gasteiger partial charge in [-0.2, -0.15) is 4.98 Å². The van der Waals surface area contributed by atoms with E-state index in [1.807, 2.05) is 6.92 Å². The fourth-order valence-corrected chi connectivity index (χ4v) is 5.64. The van der Waals surface area contributed by atoms with Crippen molar-refractivity contribution in [1.29, 1.82) is 0 Å². The molecule has 5 rings (SSSR count). The monoisotopic (exact) mass is 648 g/mol. The van der Waals surface area contributed by atoms with Crippen LogP contribution in [0.2, 0.25) is 0 Å². The average molecular weight is 649 g/mol. The Labute approximate surface area is 265 Å².